The van der Waals surface area contributed by atoms with Gasteiger partial charge in [-0.15, -0.1) is 12.3 Å². The molecule has 2 aromatic heterocycles. The molecule has 0 aliphatic heterocycles. The predicted molar refractivity (Wildman–Crippen MR) is 119 cm³/mol. The lowest BCUT2D eigenvalue weighted by atomic mass is 9.83. The summed E-state index contributed by atoms with van der Waals surface area (Å²) in [5.74, 6) is 12.0. The number of hydrogen-bond acceptors (Lipinski definition) is 4. The smallest absolute Gasteiger partial charge is 0.208 e. The first-order valence-corrected chi connectivity index (χ1v) is 11.1. The summed E-state index contributed by atoms with van der Waals surface area (Å²) in [5, 5.41) is 3.56. The molecule has 154 valence electrons. The molecule has 1 aliphatic carbocycles. The average Bonchev–Trinajstić information content (AvgIpc) is 3.14. The van der Waals surface area contributed by atoms with Crippen LogP contribution >= 0.6 is 0 Å². The lowest BCUT2D eigenvalue weighted by Crippen LogP contribution is -2.19. The fourth-order valence-corrected chi connectivity index (χ4v) is 4.03. The van der Waals surface area contributed by atoms with Crippen LogP contribution < -0.4 is 5.32 Å². The predicted octanol–water partition coefficient (Wildman–Crippen LogP) is 5.02. The first-order valence-electron chi connectivity index (χ1n) is 11.1. The number of unbranched alkanes of at least 4 members (excludes halogenated alkanes) is 1. The summed E-state index contributed by atoms with van der Waals surface area (Å²) in [5.41, 5.74) is 1.65. The molecule has 1 unspecified atom stereocenters. The Labute approximate surface area is 175 Å². The lowest BCUT2D eigenvalue weighted by molar-refractivity contribution is 0.333. The molecule has 1 fully saturated rings. The third kappa shape index (κ3) is 5.51. The van der Waals surface area contributed by atoms with Crippen molar-refractivity contribution in [1.82, 2.24) is 19.5 Å². The Kier molecular flexibility index (Phi) is 7.53. The van der Waals surface area contributed by atoms with Crippen molar-refractivity contribution in [3.05, 3.63) is 12.2 Å². The molecule has 0 amide bonds. The van der Waals surface area contributed by atoms with E-state index in [0.29, 0.717) is 17.8 Å². The Morgan fingerprint density at radius 2 is 2.10 bits per heavy atom. The van der Waals surface area contributed by atoms with Gasteiger partial charge in [-0.05, 0) is 43.9 Å². The van der Waals surface area contributed by atoms with Gasteiger partial charge < -0.3 is 9.88 Å². The highest BCUT2D eigenvalue weighted by molar-refractivity contribution is 5.83. The molecule has 3 rings (SSSR count). The number of fused-ring (bicyclic) bond motifs is 1. The second-order valence-electron chi connectivity index (χ2n) is 8.21. The van der Waals surface area contributed by atoms with Gasteiger partial charge in [0, 0.05) is 24.9 Å². The molecular formula is C24H33N5. The molecule has 5 heteroatoms. The fraction of sp³-hybridized carbons (Fsp3) is 0.625. The van der Waals surface area contributed by atoms with E-state index in [2.05, 4.69) is 53.4 Å². The summed E-state index contributed by atoms with van der Waals surface area (Å²) in [6, 6.07) is 0.361. The summed E-state index contributed by atoms with van der Waals surface area (Å²) in [4.78, 5) is 14.1. The summed E-state index contributed by atoms with van der Waals surface area (Å²) in [6.07, 6.45) is 15.9. The molecule has 0 radical (unpaired) electrons. The van der Waals surface area contributed by atoms with Crippen molar-refractivity contribution in [3.8, 4) is 24.2 Å². The van der Waals surface area contributed by atoms with Crippen LogP contribution in [0.3, 0.4) is 0 Å². The molecule has 0 saturated heterocycles. The van der Waals surface area contributed by atoms with Gasteiger partial charge in [-0.2, -0.15) is 0 Å². The van der Waals surface area contributed by atoms with Gasteiger partial charge >= 0.3 is 0 Å². The number of terminal acetylenes is 1. The van der Waals surface area contributed by atoms with Crippen molar-refractivity contribution in [2.75, 3.05) is 5.32 Å². The number of aryl methyl sites for hydroxylation is 1. The molecule has 2 heterocycles. The highest BCUT2D eigenvalue weighted by Crippen LogP contribution is 2.28. The van der Waals surface area contributed by atoms with Gasteiger partial charge in [-0.1, -0.05) is 39.5 Å². The Morgan fingerprint density at radius 3 is 2.83 bits per heavy atom. The molecule has 2 atom stereocenters. The number of hydrogen-bond donors (Lipinski definition) is 1. The summed E-state index contributed by atoms with van der Waals surface area (Å²) in [6.45, 7) is 7.49. The van der Waals surface area contributed by atoms with Crippen molar-refractivity contribution in [1.29, 1.82) is 0 Å². The number of rotatable bonds is 7. The molecular weight excluding hydrogens is 358 g/mol. The maximum absolute atomic E-state index is 5.41. The zero-order valence-electron chi connectivity index (χ0n) is 18.0. The minimum atomic E-state index is 0.361. The third-order valence-electron chi connectivity index (χ3n) is 5.83. The van der Waals surface area contributed by atoms with Gasteiger partial charge in [0.15, 0.2) is 17.0 Å². The van der Waals surface area contributed by atoms with E-state index in [9.17, 15) is 0 Å². The van der Waals surface area contributed by atoms with Gasteiger partial charge in [0.2, 0.25) is 5.82 Å². The van der Waals surface area contributed by atoms with Gasteiger partial charge in [0.25, 0.3) is 0 Å². The van der Waals surface area contributed by atoms with Crippen LogP contribution in [0.5, 0.6) is 0 Å². The van der Waals surface area contributed by atoms with Crippen molar-refractivity contribution in [3.63, 3.8) is 0 Å². The lowest BCUT2D eigenvalue weighted by Gasteiger charge is -2.22. The highest BCUT2D eigenvalue weighted by Gasteiger charge is 2.18. The largest absolute Gasteiger partial charge is 0.365 e. The van der Waals surface area contributed by atoms with Crippen LogP contribution in [-0.4, -0.2) is 25.6 Å². The van der Waals surface area contributed by atoms with E-state index >= 15 is 0 Å². The molecule has 1 saturated carbocycles. The van der Waals surface area contributed by atoms with Gasteiger partial charge in [0.05, 0.1) is 6.33 Å². The van der Waals surface area contributed by atoms with Crippen molar-refractivity contribution < 1.29 is 0 Å². The van der Waals surface area contributed by atoms with Gasteiger partial charge in [-0.25, -0.2) is 15.0 Å². The van der Waals surface area contributed by atoms with Crippen molar-refractivity contribution >= 4 is 17.0 Å². The zero-order chi connectivity index (χ0) is 20.6. The number of anilines is 1. The average molecular weight is 392 g/mol. The van der Waals surface area contributed by atoms with E-state index in [1.54, 1.807) is 0 Å². The standard InChI is InChI=1S/C24H33N5/c1-5-8-9-15-29-17-25-22-23(26-20(6-2)7-3)27-21(28-24(22)29)14-13-19-12-10-11-18(4)16-19/h1,17-20H,6-12,15-16H2,2-4H3,(H,26,27,28)/t18-,19?/m1/s1. The molecule has 0 spiro atoms. The Balaban J connectivity index is 1.93. The van der Waals surface area contributed by atoms with E-state index in [1.165, 1.54) is 25.7 Å². The monoisotopic (exact) mass is 391 g/mol. The number of nitrogens with one attached hydrogen (secondary N) is 1. The van der Waals surface area contributed by atoms with E-state index in [0.717, 1.165) is 55.1 Å². The highest BCUT2D eigenvalue weighted by atomic mass is 15.2. The Hall–Kier alpha value is -2.53. The topological polar surface area (TPSA) is 55.6 Å². The summed E-state index contributed by atoms with van der Waals surface area (Å²) < 4.78 is 2.07. The number of aromatic nitrogens is 4. The fourth-order valence-electron chi connectivity index (χ4n) is 4.03. The van der Waals surface area contributed by atoms with E-state index in [-0.39, 0.29) is 0 Å². The second-order valence-corrected chi connectivity index (χ2v) is 8.21. The first-order chi connectivity index (χ1) is 14.1. The van der Waals surface area contributed by atoms with Gasteiger partial charge in [0.1, 0.15) is 0 Å². The van der Waals surface area contributed by atoms with Crippen LogP contribution in [0.25, 0.3) is 11.2 Å². The molecule has 2 aromatic rings. The minimum Gasteiger partial charge on any atom is -0.365 e. The van der Waals surface area contributed by atoms with Crippen LogP contribution in [0.1, 0.15) is 78.0 Å². The molecule has 1 N–H and O–H groups in total. The quantitative estimate of drug-likeness (QED) is 0.532. The van der Waals surface area contributed by atoms with E-state index in [1.807, 2.05) is 6.33 Å². The number of imidazole rings is 1. The maximum atomic E-state index is 5.41. The Bertz CT molecular complexity index is 907. The molecule has 0 bridgehead atoms. The van der Waals surface area contributed by atoms with E-state index < -0.39 is 0 Å². The van der Waals surface area contributed by atoms with Crippen LogP contribution in [0.2, 0.25) is 0 Å². The van der Waals surface area contributed by atoms with Gasteiger partial charge in [-0.3, -0.25) is 0 Å². The van der Waals surface area contributed by atoms with Crippen LogP contribution in [0.15, 0.2) is 6.33 Å². The maximum Gasteiger partial charge on any atom is 0.208 e. The third-order valence-corrected chi connectivity index (χ3v) is 5.83. The SMILES string of the molecule is C#CCCCn1cnc2c(NC(CC)CC)nc(C#CC3CCC[C@@H](C)C3)nc21. The first kappa shape index (κ1) is 21.2. The van der Waals surface area contributed by atoms with Crippen molar-refractivity contribution in [2.24, 2.45) is 11.8 Å². The summed E-state index contributed by atoms with van der Waals surface area (Å²) in [7, 11) is 0. The van der Waals surface area contributed by atoms with Crippen molar-refractivity contribution in [2.45, 2.75) is 84.7 Å². The molecule has 0 aromatic carbocycles. The number of nitrogens with zero attached hydrogens (tertiary/aromatic N) is 4. The van der Waals surface area contributed by atoms with Crippen LogP contribution in [-0.2, 0) is 6.54 Å². The summed E-state index contributed by atoms with van der Waals surface area (Å²) >= 11 is 0. The molecule has 1 aliphatic rings. The Morgan fingerprint density at radius 1 is 1.28 bits per heavy atom. The normalized spacial score (nSPS) is 19.0. The van der Waals surface area contributed by atoms with E-state index in [4.69, 9.17) is 16.4 Å². The van der Waals surface area contributed by atoms with Crippen LogP contribution in [0.4, 0.5) is 5.82 Å². The minimum absolute atomic E-state index is 0.361. The molecule has 5 nitrogen and oxygen atoms in total. The van der Waals surface area contributed by atoms with Crippen LogP contribution in [0, 0.1) is 36.0 Å². The molecule has 29 heavy (non-hydrogen) atoms. The second kappa shape index (κ2) is 10.3. The zero-order valence-corrected chi connectivity index (χ0v) is 18.0.